The molecular formula is C6H9ClO2S. The lowest BCUT2D eigenvalue weighted by Gasteiger charge is -2.25. The summed E-state index contributed by atoms with van der Waals surface area (Å²) in [5.41, 5.74) is 0. The number of halogens is 1. The highest BCUT2D eigenvalue weighted by molar-refractivity contribution is 7.99. The van der Waals surface area contributed by atoms with E-state index in [-0.39, 0.29) is 0 Å². The van der Waals surface area contributed by atoms with Crippen LogP contribution in [-0.2, 0) is 4.79 Å². The van der Waals surface area contributed by atoms with Crippen LogP contribution in [0.3, 0.4) is 0 Å². The molecule has 0 atom stereocenters. The molecule has 2 nitrogen and oxygen atoms in total. The molecular weight excluding hydrogens is 172 g/mol. The zero-order chi connectivity index (χ0) is 7.61. The lowest BCUT2D eigenvalue weighted by molar-refractivity contribution is -0.140. The third-order valence-electron chi connectivity index (χ3n) is 1.67. The predicted octanol–water partition coefficient (Wildman–Crippen LogP) is 1.58. The number of thioether (sulfide) groups is 1. The van der Waals surface area contributed by atoms with Crippen LogP contribution in [0, 0.1) is 0 Å². The van der Waals surface area contributed by atoms with Crippen molar-refractivity contribution >= 4 is 29.3 Å². The van der Waals surface area contributed by atoms with Gasteiger partial charge in [-0.1, -0.05) is 0 Å². The maximum atomic E-state index is 10.5. The van der Waals surface area contributed by atoms with Crippen molar-refractivity contribution in [1.82, 2.24) is 0 Å². The highest BCUT2D eigenvalue weighted by Crippen LogP contribution is 2.32. The SMILES string of the molecule is O=C(O)C1(Cl)CCSCC1. The molecule has 0 saturated carbocycles. The Morgan fingerprint density at radius 1 is 1.50 bits per heavy atom. The fourth-order valence-electron chi connectivity index (χ4n) is 0.909. The minimum Gasteiger partial charge on any atom is -0.480 e. The Bertz CT molecular complexity index is 143. The third-order valence-corrected chi connectivity index (χ3v) is 3.19. The molecule has 1 fully saturated rings. The van der Waals surface area contributed by atoms with Gasteiger partial charge in [-0.3, -0.25) is 4.79 Å². The van der Waals surface area contributed by atoms with E-state index in [1.807, 2.05) is 0 Å². The normalized spacial score (nSPS) is 24.1. The van der Waals surface area contributed by atoms with Crippen molar-refractivity contribution in [3.05, 3.63) is 0 Å². The van der Waals surface area contributed by atoms with E-state index in [2.05, 4.69) is 0 Å². The first kappa shape index (κ1) is 8.21. The molecule has 0 bridgehead atoms. The van der Waals surface area contributed by atoms with Crippen LogP contribution in [0.2, 0.25) is 0 Å². The molecule has 1 aliphatic heterocycles. The summed E-state index contributed by atoms with van der Waals surface area (Å²) in [7, 11) is 0. The van der Waals surface area contributed by atoms with E-state index in [0.717, 1.165) is 11.5 Å². The Hall–Kier alpha value is 0.110. The molecule has 1 N–H and O–H groups in total. The Morgan fingerprint density at radius 2 is 2.00 bits per heavy atom. The molecule has 0 aromatic carbocycles. The molecule has 0 spiro atoms. The van der Waals surface area contributed by atoms with E-state index < -0.39 is 10.8 Å². The molecule has 4 heteroatoms. The zero-order valence-electron chi connectivity index (χ0n) is 5.47. The van der Waals surface area contributed by atoms with Gasteiger partial charge in [-0.05, 0) is 24.3 Å². The van der Waals surface area contributed by atoms with Crippen molar-refractivity contribution in [2.24, 2.45) is 0 Å². The largest absolute Gasteiger partial charge is 0.480 e. The van der Waals surface area contributed by atoms with Gasteiger partial charge in [0.15, 0.2) is 0 Å². The molecule has 0 radical (unpaired) electrons. The summed E-state index contributed by atoms with van der Waals surface area (Å²) >= 11 is 7.56. The van der Waals surface area contributed by atoms with Gasteiger partial charge in [-0.15, -0.1) is 11.6 Å². The van der Waals surface area contributed by atoms with Crippen LogP contribution in [0.4, 0.5) is 0 Å². The Kier molecular flexibility index (Phi) is 2.47. The fraction of sp³-hybridized carbons (Fsp3) is 0.833. The average Bonchev–Trinajstić information content (AvgIpc) is 1.89. The molecule has 10 heavy (non-hydrogen) atoms. The lowest BCUT2D eigenvalue weighted by Crippen LogP contribution is -2.36. The minimum absolute atomic E-state index is 0.592. The Labute approximate surface area is 68.9 Å². The van der Waals surface area contributed by atoms with Crippen molar-refractivity contribution in [2.45, 2.75) is 17.7 Å². The zero-order valence-corrected chi connectivity index (χ0v) is 7.04. The van der Waals surface area contributed by atoms with Crippen molar-refractivity contribution in [3.8, 4) is 0 Å². The van der Waals surface area contributed by atoms with Crippen LogP contribution in [0.5, 0.6) is 0 Å². The smallest absolute Gasteiger partial charge is 0.324 e. The van der Waals surface area contributed by atoms with Gasteiger partial charge in [0.25, 0.3) is 0 Å². The quantitative estimate of drug-likeness (QED) is 0.623. The molecule has 0 aliphatic carbocycles. The van der Waals surface area contributed by atoms with Crippen LogP contribution in [0.1, 0.15) is 12.8 Å². The molecule has 1 rings (SSSR count). The number of hydrogen-bond acceptors (Lipinski definition) is 2. The number of carboxylic acids is 1. The van der Waals surface area contributed by atoms with Gasteiger partial charge < -0.3 is 5.11 Å². The summed E-state index contributed by atoms with van der Waals surface area (Å²) in [5, 5.41) is 8.66. The van der Waals surface area contributed by atoms with E-state index >= 15 is 0 Å². The summed E-state index contributed by atoms with van der Waals surface area (Å²) in [6.45, 7) is 0. The van der Waals surface area contributed by atoms with E-state index in [4.69, 9.17) is 16.7 Å². The summed E-state index contributed by atoms with van der Waals surface area (Å²) in [4.78, 5) is 9.58. The third kappa shape index (κ3) is 1.58. The summed E-state index contributed by atoms with van der Waals surface area (Å²) < 4.78 is 0. The highest BCUT2D eigenvalue weighted by Gasteiger charge is 2.37. The molecule has 1 saturated heterocycles. The first-order chi connectivity index (χ1) is 4.65. The summed E-state index contributed by atoms with van der Waals surface area (Å²) in [6.07, 6.45) is 1.18. The monoisotopic (exact) mass is 180 g/mol. The second-order valence-corrected chi connectivity index (χ2v) is 4.33. The van der Waals surface area contributed by atoms with Gasteiger partial charge in [0.2, 0.25) is 0 Å². The maximum absolute atomic E-state index is 10.5. The second-order valence-electron chi connectivity index (χ2n) is 2.38. The molecule has 0 amide bonds. The lowest BCUT2D eigenvalue weighted by atomic mass is 10.0. The summed E-state index contributed by atoms with van der Waals surface area (Å²) in [5.74, 6) is 0.875. The molecule has 0 aromatic rings. The predicted molar refractivity (Wildman–Crippen MR) is 42.8 cm³/mol. The Morgan fingerprint density at radius 3 is 2.30 bits per heavy atom. The van der Waals surface area contributed by atoms with Crippen LogP contribution < -0.4 is 0 Å². The van der Waals surface area contributed by atoms with Gasteiger partial charge in [0.1, 0.15) is 4.87 Å². The van der Waals surface area contributed by atoms with Crippen molar-refractivity contribution < 1.29 is 9.90 Å². The van der Waals surface area contributed by atoms with Gasteiger partial charge in [0, 0.05) is 0 Å². The van der Waals surface area contributed by atoms with Crippen molar-refractivity contribution in [3.63, 3.8) is 0 Å². The highest BCUT2D eigenvalue weighted by atomic mass is 35.5. The summed E-state index contributed by atoms with van der Waals surface area (Å²) in [6, 6.07) is 0. The number of carbonyl (C=O) groups is 1. The first-order valence-electron chi connectivity index (χ1n) is 3.15. The van der Waals surface area contributed by atoms with E-state index in [0.29, 0.717) is 12.8 Å². The van der Waals surface area contributed by atoms with Crippen LogP contribution in [0.15, 0.2) is 0 Å². The van der Waals surface area contributed by atoms with Crippen molar-refractivity contribution in [1.29, 1.82) is 0 Å². The van der Waals surface area contributed by atoms with Crippen LogP contribution in [0.25, 0.3) is 0 Å². The molecule has 0 aromatic heterocycles. The number of alkyl halides is 1. The number of rotatable bonds is 1. The average molecular weight is 181 g/mol. The van der Waals surface area contributed by atoms with E-state index in [1.165, 1.54) is 0 Å². The van der Waals surface area contributed by atoms with Crippen LogP contribution in [-0.4, -0.2) is 27.5 Å². The molecule has 58 valence electrons. The fourth-order valence-corrected chi connectivity index (χ4v) is 2.51. The topological polar surface area (TPSA) is 37.3 Å². The van der Waals surface area contributed by atoms with Gasteiger partial charge in [-0.25, -0.2) is 0 Å². The molecule has 1 heterocycles. The number of aliphatic carboxylic acids is 1. The van der Waals surface area contributed by atoms with Crippen molar-refractivity contribution in [2.75, 3.05) is 11.5 Å². The second kappa shape index (κ2) is 3.01. The van der Waals surface area contributed by atoms with E-state index in [1.54, 1.807) is 11.8 Å². The maximum Gasteiger partial charge on any atom is 0.324 e. The van der Waals surface area contributed by atoms with Gasteiger partial charge in [0.05, 0.1) is 0 Å². The standard InChI is InChI=1S/C6H9ClO2S/c7-6(5(8)9)1-3-10-4-2-6/h1-4H2,(H,8,9). The minimum atomic E-state index is -0.953. The van der Waals surface area contributed by atoms with Gasteiger partial charge in [-0.2, -0.15) is 11.8 Å². The number of hydrogen-bond donors (Lipinski definition) is 1. The van der Waals surface area contributed by atoms with E-state index in [9.17, 15) is 4.79 Å². The molecule has 0 unspecified atom stereocenters. The molecule has 1 aliphatic rings. The Balaban J connectivity index is 2.56. The first-order valence-corrected chi connectivity index (χ1v) is 4.68. The number of carboxylic acid groups (broad SMARTS) is 1. The van der Waals surface area contributed by atoms with Gasteiger partial charge >= 0.3 is 5.97 Å². The van der Waals surface area contributed by atoms with Crippen LogP contribution >= 0.6 is 23.4 Å².